The van der Waals surface area contributed by atoms with E-state index in [-0.39, 0.29) is 30.7 Å². The number of aromatic amines is 1. The summed E-state index contributed by atoms with van der Waals surface area (Å²) in [5.74, 6) is -2.97. The lowest BCUT2D eigenvalue weighted by Crippen LogP contribution is -2.51. The number of H-pyrrole nitrogens is 1. The minimum atomic E-state index is -2.69. The smallest absolute Gasteiger partial charge is 0.519 e. The van der Waals surface area contributed by atoms with Crippen molar-refractivity contribution in [3.63, 3.8) is 0 Å². The molecule has 0 saturated heterocycles. The minimum absolute atomic E-state index is 0.0341. The molecule has 3 N–H and O–H groups in total. The average molecular weight is 389 g/mol. The van der Waals surface area contributed by atoms with E-state index >= 15 is 0 Å². The largest absolute Gasteiger partial charge is 0.535 e. The number of rotatable bonds is 6. The van der Waals surface area contributed by atoms with Crippen molar-refractivity contribution >= 4 is 29.6 Å². The van der Waals surface area contributed by atoms with Crippen LogP contribution in [0.2, 0.25) is 6.82 Å². The Morgan fingerprint density at radius 1 is 1.43 bits per heavy atom. The van der Waals surface area contributed by atoms with Gasteiger partial charge in [0.05, 0.1) is 6.20 Å². The first-order valence-electron chi connectivity index (χ1n) is 9.41. The first-order chi connectivity index (χ1) is 13.2. The van der Waals surface area contributed by atoms with Gasteiger partial charge in [-0.15, -0.1) is 0 Å². The Kier molecular flexibility index (Phi) is 4.65. The van der Waals surface area contributed by atoms with E-state index in [1.807, 2.05) is 6.07 Å². The maximum Gasteiger partial charge on any atom is 0.519 e. The van der Waals surface area contributed by atoms with E-state index in [0.717, 1.165) is 16.5 Å². The first-order valence-corrected chi connectivity index (χ1v) is 9.41. The molecule has 2 heterocycles. The van der Waals surface area contributed by atoms with Gasteiger partial charge in [0, 0.05) is 41.9 Å². The summed E-state index contributed by atoms with van der Waals surface area (Å²) in [6.07, 6.45) is 4.00. The van der Waals surface area contributed by atoms with Crippen molar-refractivity contribution < 1.29 is 23.3 Å². The maximum absolute atomic E-state index is 12.9. The quantitative estimate of drug-likeness (QED) is 0.663. The zero-order chi connectivity index (χ0) is 20.1. The summed E-state index contributed by atoms with van der Waals surface area (Å²) in [6, 6.07) is 1.85. The molecule has 2 saturated carbocycles. The van der Waals surface area contributed by atoms with Crippen molar-refractivity contribution in [2.75, 3.05) is 0 Å². The normalized spacial score (nSPS) is 23.6. The lowest BCUT2D eigenvalue weighted by molar-refractivity contribution is -0.151. The van der Waals surface area contributed by atoms with Crippen molar-refractivity contribution in [1.29, 1.82) is 0 Å². The molecule has 148 valence electrons. The Labute approximate surface area is 161 Å². The average Bonchev–Trinajstić information content (AvgIpc) is 3.02. The summed E-state index contributed by atoms with van der Waals surface area (Å²) in [6.45, 7) is 5.75. The molecule has 2 aromatic heterocycles. The third-order valence-electron chi connectivity index (χ3n) is 5.61. The van der Waals surface area contributed by atoms with Gasteiger partial charge in [-0.1, -0.05) is 6.58 Å². The van der Waals surface area contributed by atoms with Crippen LogP contribution in [0.4, 0.5) is 8.78 Å². The highest BCUT2D eigenvalue weighted by atomic mass is 19.3. The van der Waals surface area contributed by atoms with Gasteiger partial charge in [0.15, 0.2) is 0 Å². The van der Waals surface area contributed by atoms with E-state index < -0.39 is 19.0 Å². The van der Waals surface area contributed by atoms with Crippen LogP contribution in [0.3, 0.4) is 0 Å². The van der Waals surface area contributed by atoms with Crippen molar-refractivity contribution in [3.05, 3.63) is 30.6 Å². The first kappa shape index (κ1) is 18.9. The highest BCUT2D eigenvalue weighted by Gasteiger charge is 2.49. The number of hydrogen-bond donors (Lipinski definition) is 3. The van der Waals surface area contributed by atoms with Gasteiger partial charge in [-0.05, 0) is 37.2 Å². The van der Waals surface area contributed by atoms with E-state index in [9.17, 15) is 18.6 Å². The number of fused-ring (bicyclic) bond motifs is 1. The van der Waals surface area contributed by atoms with Gasteiger partial charge in [0.25, 0.3) is 0 Å². The number of amides is 1. The van der Waals surface area contributed by atoms with Crippen LogP contribution in [0.15, 0.2) is 25.0 Å². The predicted molar refractivity (Wildman–Crippen MR) is 102 cm³/mol. The number of alkyl halides is 2. The van der Waals surface area contributed by atoms with E-state index in [2.05, 4.69) is 21.9 Å². The number of halogens is 2. The number of carbonyl (C=O) groups is 1. The third-order valence-corrected chi connectivity index (χ3v) is 5.61. The van der Waals surface area contributed by atoms with Gasteiger partial charge in [-0.2, -0.15) is 0 Å². The Bertz CT molecular complexity index is 916. The molecule has 0 aliphatic heterocycles. The molecule has 2 aromatic rings. The molecule has 2 aliphatic rings. The molecule has 0 radical (unpaired) electrons. The minimum Gasteiger partial charge on any atom is -0.535 e. The van der Waals surface area contributed by atoms with Gasteiger partial charge in [-0.3, -0.25) is 4.79 Å². The highest BCUT2D eigenvalue weighted by Crippen LogP contribution is 2.45. The van der Waals surface area contributed by atoms with Crippen LogP contribution >= 0.6 is 0 Å². The lowest BCUT2D eigenvalue weighted by Gasteiger charge is -2.40. The van der Waals surface area contributed by atoms with Crippen LogP contribution < -0.4 is 9.97 Å². The standard InChI is InChI=1S/C19H22BF2N3O3/c1-10(11-5-13(6-11)25-18(26)12-7-19(21,22)8-12)16-14-3-4-23-17(14)24-9-15(16)28-20(2)27/h3-4,9,11-13,27H,1,5-8H2,2H3,(H,23,24)(H,25,26)/t11-,13+. The molecule has 0 spiro atoms. The fourth-order valence-corrected chi connectivity index (χ4v) is 3.98. The second-order valence-corrected chi connectivity index (χ2v) is 7.81. The molecule has 9 heteroatoms. The monoisotopic (exact) mass is 389 g/mol. The van der Waals surface area contributed by atoms with Crippen LogP contribution in [0.25, 0.3) is 16.6 Å². The molecular formula is C19H22BF2N3O3. The molecule has 6 nitrogen and oxygen atoms in total. The number of carbonyl (C=O) groups excluding carboxylic acids is 1. The van der Waals surface area contributed by atoms with Crippen molar-refractivity contribution in [3.8, 4) is 5.75 Å². The van der Waals surface area contributed by atoms with Crippen LogP contribution in [0, 0.1) is 11.8 Å². The number of nitrogens with one attached hydrogen (secondary N) is 2. The van der Waals surface area contributed by atoms with Gasteiger partial charge in [-0.25, -0.2) is 13.8 Å². The van der Waals surface area contributed by atoms with Gasteiger partial charge >= 0.3 is 7.12 Å². The maximum atomic E-state index is 12.9. The van der Waals surface area contributed by atoms with Gasteiger partial charge < -0.3 is 20.0 Å². The number of nitrogens with zero attached hydrogens (tertiary/aromatic N) is 1. The van der Waals surface area contributed by atoms with Gasteiger partial charge in [0.2, 0.25) is 11.8 Å². The number of pyridine rings is 1. The summed E-state index contributed by atoms with van der Waals surface area (Å²) >= 11 is 0. The molecule has 0 atom stereocenters. The van der Waals surface area contributed by atoms with Crippen LogP contribution in [-0.4, -0.2) is 40.0 Å². The third kappa shape index (κ3) is 3.51. The van der Waals surface area contributed by atoms with E-state index in [4.69, 9.17) is 4.65 Å². The SMILES string of the molecule is C=C(c1c(OB(C)O)cnc2[nH]ccc12)[C@H]1C[C@@H](NC(=O)C2CC(F)(F)C2)C1. The van der Waals surface area contributed by atoms with Crippen LogP contribution in [0.1, 0.15) is 31.2 Å². The molecule has 1 amide bonds. The zero-order valence-corrected chi connectivity index (χ0v) is 15.5. The number of aromatic nitrogens is 2. The van der Waals surface area contributed by atoms with Crippen molar-refractivity contribution in [2.45, 2.75) is 44.5 Å². The highest BCUT2D eigenvalue weighted by molar-refractivity contribution is 6.41. The summed E-state index contributed by atoms with van der Waals surface area (Å²) in [5, 5.41) is 13.3. The van der Waals surface area contributed by atoms with Crippen LogP contribution in [0.5, 0.6) is 5.75 Å². The lowest BCUT2D eigenvalue weighted by atomic mass is 9.73. The summed E-state index contributed by atoms with van der Waals surface area (Å²) < 4.78 is 31.4. The fourth-order valence-electron chi connectivity index (χ4n) is 3.98. The molecule has 4 rings (SSSR count). The molecule has 28 heavy (non-hydrogen) atoms. The Balaban J connectivity index is 1.42. The summed E-state index contributed by atoms with van der Waals surface area (Å²) in [7, 11) is -0.987. The predicted octanol–water partition coefficient (Wildman–Crippen LogP) is 3.01. The van der Waals surface area contributed by atoms with Crippen molar-refractivity contribution in [2.24, 2.45) is 11.8 Å². The van der Waals surface area contributed by atoms with E-state index in [1.54, 1.807) is 12.4 Å². The van der Waals surface area contributed by atoms with Gasteiger partial charge in [0.1, 0.15) is 11.4 Å². The second kappa shape index (κ2) is 6.88. The van der Waals surface area contributed by atoms with Crippen LogP contribution in [-0.2, 0) is 4.79 Å². The van der Waals surface area contributed by atoms with Crippen molar-refractivity contribution in [1.82, 2.24) is 15.3 Å². The zero-order valence-electron chi connectivity index (χ0n) is 15.5. The molecule has 2 fully saturated rings. The Morgan fingerprint density at radius 2 is 2.14 bits per heavy atom. The molecule has 0 aromatic carbocycles. The number of allylic oxidation sites excluding steroid dienone is 1. The van der Waals surface area contributed by atoms with E-state index in [0.29, 0.717) is 24.2 Å². The molecule has 2 aliphatic carbocycles. The molecule has 0 unspecified atom stereocenters. The Hall–Kier alpha value is -2.42. The Morgan fingerprint density at radius 3 is 2.79 bits per heavy atom. The van der Waals surface area contributed by atoms with E-state index in [1.165, 1.54) is 6.82 Å². The molecular weight excluding hydrogens is 367 g/mol. The summed E-state index contributed by atoms with van der Waals surface area (Å²) in [4.78, 5) is 19.4. The topological polar surface area (TPSA) is 87.2 Å². The fraction of sp³-hybridized carbons (Fsp3) is 0.474. The second-order valence-electron chi connectivity index (χ2n) is 7.81. The summed E-state index contributed by atoms with van der Waals surface area (Å²) in [5.41, 5.74) is 2.34. The number of hydrogen-bond acceptors (Lipinski definition) is 4. The molecule has 0 bridgehead atoms.